The number of anilines is 1. The van der Waals surface area contributed by atoms with Crippen molar-refractivity contribution in [3.8, 4) is 0 Å². The zero-order valence-electron chi connectivity index (χ0n) is 13.2. The highest BCUT2D eigenvalue weighted by Crippen LogP contribution is 2.41. The predicted octanol–water partition coefficient (Wildman–Crippen LogP) is 4.88. The van der Waals surface area contributed by atoms with Crippen LogP contribution in [0.4, 0.5) is 13.8 Å². The smallest absolute Gasteiger partial charge is 0.135 e. The minimum absolute atomic E-state index is 0.0525. The van der Waals surface area contributed by atoms with E-state index in [2.05, 4.69) is 10.3 Å². The summed E-state index contributed by atoms with van der Waals surface area (Å²) in [4.78, 5) is 6.47. The average molecular weight is 362 g/mol. The molecular formula is C18H16F2N2S2. The van der Waals surface area contributed by atoms with E-state index in [-0.39, 0.29) is 11.6 Å². The summed E-state index contributed by atoms with van der Waals surface area (Å²) in [6, 6.07) is 3.61. The maximum atomic E-state index is 14.5. The number of aryl methyl sites for hydroxylation is 1. The first-order chi connectivity index (χ1) is 11.6. The van der Waals surface area contributed by atoms with E-state index in [1.807, 2.05) is 6.92 Å². The van der Waals surface area contributed by atoms with Crippen molar-refractivity contribution in [3.63, 3.8) is 0 Å². The third-order valence-electron chi connectivity index (χ3n) is 4.55. The Morgan fingerprint density at radius 1 is 1.17 bits per heavy atom. The minimum atomic E-state index is -0.588. The van der Waals surface area contributed by atoms with Crippen LogP contribution in [-0.2, 0) is 12.8 Å². The number of fused-ring (bicyclic) bond motifs is 3. The largest absolute Gasteiger partial charge is 0.339 e. The van der Waals surface area contributed by atoms with Crippen molar-refractivity contribution in [3.05, 3.63) is 51.4 Å². The summed E-state index contributed by atoms with van der Waals surface area (Å²) in [7, 11) is 0. The lowest BCUT2D eigenvalue weighted by Gasteiger charge is -2.15. The van der Waals surface area contributed by atoms with Gasteiger partial charge in [0.05, 0.1) is 17.3 Å². The van der Waals surface area contributed by atoms with Gasteiger partial charge in [-0.2, -0.15) is 0 Å². The van der Waals surface area contributed by atoms with Crippen LogP contribution in [0, 0.1) is 11.6 Å². The summed E-state index contributed by atoms with van der Waals surface area (Å²) in [5.74, 6) is -1.18. The van der Waals surface area contributed by atoms with E-state index in [9.17, 15) is 8.78 Å². The number of rotatable bonds is 1. The van der Waals surface area contributed by atoms with Crippen molar-refractivity contribution in [2.75, 3.05) is 5.32 Å². The topological polar surface area (TPSA) is 24.4 Å². The van der Waals surface area contributed by atoms with Gasteiger partial charge in [0.15, 0.2) is 0 Å². The Morgan fingerprint density at radius 2 is 1.88 bits per heavy atom. The van der Waals surface area contributed by atoms with Gasteiger partial charge in [-0.05, 0) is 50.3 Å². The molecule has 2 heterocycles. The van der Waals surface area contributed by atoms with Gasteiger partial charge in [0.1, 0.15) is 21.6 Å². The highest BCUT2D eigenvalue weighted by Gasteiger charge is 2.31. The quantitative estimate of drug-likeness (QED) is 0.731. The molecule has 0 amide bonds. The Bertz CT molecular complexity index is 850. The number of hydrogen-bond acceptors (Lipinski definition) is 3. The average Bonchev–Trinajstić information content (AvgIpc) is 2.85. The van der Waals surface area contributed by atoms with E-state index < -0.39 is 11.6 Å². The molecule has 6 heteroatoms. The number of halogens is 2. The minimum Gasteiger partial charge on any atom is -0.339 e. The van der Waals surface area contributed by atoms with Crippen LogP contribution in [-0.4, -0.2) is 16.7 Å². The first-order valence-electron chi connectivity index (χ1n) is 8.04. The van der Waals surface area contributed by atoms with Crippen LogP contribution in [0.1, 0.15) is 41.3 Å². The first kappa shape index (κ1) is 15.8. The lowest BCUT2D eigenvalue weighted by molar-refractivity contribution is 0.579. The van der Waals surface area contributed by atoms with Gasteiger partial charge in [-0.3, -0.25) is 4.99 Å². The number of nitrogens with one attached hydrogen (secondary N) is 1. The first-order valence-corrected chi connectivity index (χ1v) is 9.26. The lowest BCUT2D eigenvalue weighted by Crippen LogP contribution is -2.20. The summed E-state index contributed by atoms with van der Waals surface area (Å²) in [5, 5.41) is 4.13. The molecule has 1 aliphatic heterocycles. The summed E-state index contributed by atoms with van der Waals surface area (Å²) in [6.45, 7) is 1.84. The molecule has 0 saturated carbocycles. The molecule has 124 valence electrons. The molecule has 0 unspecified atom stereocenters. The molecular weight excluding hydrogens is 346 g/mol. The molecule has 0 spiro atoms. The van der Waals surface area contributed by atoms with Gasteiger partial charge < -0.3 is 5.32 Å². The van der Waals surface area contributed by atoms with E-state index in [0.717, 1.165) is 36.2 Å². The molecule has 24 heavy (non-hydrogen) atoms. The number of thiophene rings is 1. The van der Waals surface area contributed by atoms with Gasteiger partial charge in [-0.15, -0.1) is 11.3 Å². The summed E-state index contributed by atoms with van der Waals surface area (Å²) >= 11 is 7.04. The second kappa shape index (κ2) is 6.01. The number of benzene rings is 1. The van der Waals surface area contributed by atoms with E-state index in [1.165, 1.54) is 28.6 Å². The van der Waals surface area contributed by atoms with Crippen LogP contribution in [0.15, 0.2) is 23.2 Å². The predicted molar refractivity (Wildman–Crippen MR) is 98.6 cm³/mol. The van der Waals surface area contributed by atoms with Crippen LogP contribution in [0.5, 0.6) is 0 Å². The molecule has 1 N–H and O–H groups in total. The third-order valence-corrected chi connectivity index (χ3v) is 6.20. The van der Waals surface area contributed by atoms with E-state index in [1.54, 1.807) is 11.3 Å². The SMILES string of the molecule is C[C@@H]1N=C(c2c(F)cccc2F)c2c(sc3c2CCCC3)NC1=S. The lowest BCUT2D eigenvalue weighted by atomic mass is 9.91. The van der Waals surface area contributed by atoms with Crippen LogP contribution >= 0.6 is 23.6 Å². The van der Waals surface area contributed by atoms with Crippen molar-refractivity contribution in [2.45, 2.75) is 38.6 Å². The van der Waals surface area contributed by atoms with Crippen LogP contribution in [0.25, 0.3) is 0 Å². The molecule has 1 aromatic carbocycles. The normalized spacial score (nSPS) is 19.9. The Morgan fingerprint density at radius 3 is 2.62 bits per heavy atom. The third kappa shape index (κ3) is 2.48. The van der Waals surface area contributed by atoms with Crippen LogP contribution in [0.2, 0.25) is 0 Å². The van der Waals surface area contributed by atoms with Crippen molar-refractivity contribution in [1.82, 2.24) is 0 Å². The molecule has 0 radical (unpaired) electrons. The van der Waals surface area contributed by atoms with Gasteiger partial charge in [0.2, 0.25) is 0 Å². The fourth-order valence-corrected chi connectivity index (χ4v) is 4.87. The molecule has 0 fully saturated rings. The van der Waals surface area contributed by atoms with Crippen molar-refractivity contribution < 1.29 is 8.78 Å². The van der Waals surface area contributed by atoms with Gasteiger partial charge in [0, 0.05) is 10.4 Å². The Kier molecular flexibility index (Phi) is 3.96. The Balaban J connectivity index is 2.01. The monoisotopic (exact) mass is 362 g/mol. The number of thiocarbonyl (C=S) groups is 1. The van der Waals surface area contributed by atoms with Gasteiger partial charge in [0.25, 0.3) is 0 Å². The van der Waals surface area contributed by atoms with Crippen molar-refractivity contribution >= 4 is 39.3 Å². The fraction of sp³-hybridized carbons (Fsp3) is 0.333. The molecule has 0 saturated heterocycles. The van der Waals surface area contributed by atoms with Crippen LogP contribution in [0.3, 0.4) is 0 Å². The molecule has 1 aromatic heterocycles. The van der Waals surface area contributed by atoms with E-state index >= 15 is 0 Å². The van der Waals surface area contributed by atoms with E-state index in [4.69, 9.17) is 12.2 Å². The fourth-order valence-electron chi connectivity index (χ4n) is 3.35. The second-order valence-electron chi connectivity index (χ2n) is 6.15. The molecule has 1 atom stereocenters. The van der Waals surface area contributed by atoms with Crippen LogP contribution < -0.4 is 5.32 Å². The van der Waals surface area contributed by atoms with Crippen molar-refractivity contribution in [2.24, 2.45) is 4.99 Å². The highest BCUT2D eigenvalue weighted by atomic mass is 32.1. The zero-order valence-corrected chi connectivity index (χ0v) is 14.8. The Hall–Kier alpha value is -1.66. The van der Waals surface area contributed by atoms with Gasteiger partial charge in [-0.25, -0.2) is 8.78 Å². The summed E-state index contributed by atoms with van der Waals surface area (Å²) < 4.78 is 28.9. The maximum Gasteiger partial charge on any atom is 0.135 e. The molecule has 2 aliphatic rings. The summed E-state index contributed by atoms with van der Waals surface area (Å²) in [5.41, 5.74) is 2.35. The van der Waals surface area contributed by atoms with E-state index in [0.29, 0.717) is 10.7 Å². The maximum absolute atomic E-state index is 14.5. The molecule has 4 rings (SSSR count). The number of aliphatic imine (C=N–C) groups is 1. The molecule has 2 aromatic rings. The molecule has 2 nitrogen and oxygen atoms in total. The second-order valence-corrected chi connectivity index (χ2v) is 7.70. The number of nitrogens with zero attached hydrogens (tertiary/aromatic N) is 1. The zero-order chi connectivity index (χ0) is 16.8. The highest BCUT2D eigenvalue weighted by molar-refractivity contribution is 7.80. The Labute approximate surface area is 148 Å². The van der Waals surface area contributed by atoms with Gasteiger partial charge >= 0.3 is 0 Å². The summed E-state index contributed by atoms with van der Waals surface area (Å²) in [6.07, 6.45) is 4.15. The number of hydrogen-bond donors (Lipinski definition) is 1. The van der Waals surface area contributed by atoms with Crippen molar-refractivity contribution in [1.29, 1.82) is 0 Å². The van der Waals surface area contributed by atoms with Gasteiger partial charge in [-0.1, -0.05) is 18.3 Å². The molecule has 1 aliphatic carbocycles. The molecule has 0 bridgehead atoms. The standard InChI is InChI=1S/C18H16F2N2S2/c1-9-17(23)22-18-14(10-5-2-3-8-13(10)24-18)16(21-9)15-11(19)6-4-7-12(15)20/h4,6-7,9H,2-3,5,8H2,1H3,(H,22,23)/t9-/m0/s1.